The summed E-state index contributed by atoms with van der Waals surface area (Å²) in [5.41, 5.74) is 9.05. The first-order chi connectivity index (χ1) is 17.3. The Morgan fingerprint density at radius 1 is 1.14 bits per heavy atom. The molecule has 36 heavy (non-hydrogen) atoms. The van der Waals surface area contributed by atoms with Crippen molar-refractivity contribution in [3.05, 3.63) is 71.6 Å². The van der Waals surface area contributed by atoms with Gasteiger partial charge < -0.3 is 10.3 Å². The van der Waals surface area contributed by atoms with Gasteiger partial charge in [0.2, 0.25) is 5.95 Å². The summed E-state index contributed by atoms with van der Waals surface area (Å²) in [5.74, 6) is 3.79. The van der Waals surface area contributed by atoms with Crippen LogP contribution in [0, 0.1) is 17.3 Å². The van der Waals surface area contributed by atoms with Gasteiger partial charge in [0.15, 0.2) is 11.5 Å². The van der Waals surface area contributed by atoms with E-state index < -0.39 is 13.9 Å². The molecule has 0 bridgehead atoms. The lowest BCUT2D eigenvalue weighted by molar-refractivity contribution is 0.599. The first kappa shape index (κ1) is 22.4. The van der Waals surface area contributed by atoms with Crippen LogP contribution in [0.25, 0.3) is 27.9 Å². The maximum atomic E-state index is 14.0. The average Bonchev–Trinajstić information content (AvgIpc) is 3.43. The molecule has 1 atom stereocenters. The maximum Gasteiger partial charge on any atom is 0.228 e. The van der Waals surface area contributed by atoms with E-state index in [0.717, 1.165) is 24.8 Å². The molecule has 0 radical (unpaired) electrons. The van der Waals surface area contributed by atoms with Gasteiger partial charge in [-0.25, -0.2) is 9.37 Å². The first-order valence-corrected chi connectivity index (χ1v) is 15.6. The smallest absolute Gasteiger partial charge is 0.228 e. The fourth-order valence-corrected chi connectivity index (χ4v) is 5.16. The van der Waals surface area contributed by atoms with Crippen molar-refractivity contribution < 1.29 is 4.39 Å². The number of aromatic nitrogens is 6. The number of hydrogen-bond acceptors (Lipinski definition) is 5. The highest BCUT2D eigenvalue weighted by atomic mass is 28.3. The first-order valence-electron chi connectivity index (χ1n) is 12.1. The van der Waals surface area contributed by atoms with Crippen molar-refractivity contribution in [2.24, 2.45) is 0 Å². The lowest BCUT2D eigenvalue weighted by Gasteiger charge is -2.24. The second-order valence-corrected chi connectivity index (χ2v) is 15.0. The van der Waals surface area contributed by atoms with Crippen molar-refractivity contribution in [1.82, 2.24) is 29.5 Å². The summed E-state index contributed by atoms with van der Waals surface area (Å²) < 4.78 is 15.7. The molecule has 1 aliphatic carbocycles. The molecule has 7 nitrogen and oxygen atoms in total. The molecule has 6 rings (SSSR count). The Morgan fingerprint density at radius 3 is 2.83 bits per heavy atom. The second-order valence-electron chi connectivity index (χ2n) is 10.3. The summed E-state index contributed by atoms with van der Waals surface area (Å²) in [5, 5.41) is 9.44. The van der Waals surface area contributed by atoms with Gasteiger partial charge in [-0.05, 0) is 37.0 Å². The minimum atomic E-state index is -1.60. The van der Waals surface area contributed by atoms with Crippen LogP contribution in [0.3, 0.4) is 0 Å². The van der Waals surface area contributed by atoms with Crippen molar-refractivity contribution in [2.45, 2.75) is 44.9 Å². The lowest BCUT2D eigenvalue weighted by Crippen LogP contribution is -2.29. The fraction of sp³-hybridized carbons (Fsp3) is 0.259. The van der Waals surface area contributed by atoms with Crippen molar-refractivity contribution in [1.29, 1.82) is 0 Å². The van der Waals surface area contributed by atoms with Crippen LogP contribution in [-0.4, -0.2) is 43.7 Å². The number of benzene rings is 1. The maximum absolute atomic E-state index is 14.0. The number of nitrogens with zero attached hydrogens (tertiary/aromatic N) is 5. The number of nitrogens with one attached hydrogen (secondary N) is 2. The molecule has 0 amide bonds. The zero-order valence-electron chi connectivity index (χ0n) is 20.4. The zero-order chi connectivity index (χ0) is 24.9. The minimum absolute atomic E-state index is 0.161. The van der Waals surface area contributed by atoms with Crippen molar-refractivity contribution >= 4 is 30.6 Å². The molecule has 1 aliphatic rings. The predicted molar refractivity (Wildman–Crippen MR) is 142 cm³/mol. The van der Waals surface area contributed by atoms with Gasteiger partial charge in [0, 0.05) is 34.4 Å². The SMILES string of the molecule is C[Si](C)(C)C#Cc1cnn2c(NC3CCc4[nH]c5ccccc5c4C3)nc(-c3cncc(F)c3)nc12. The van der Waals surface area contributed by atoms with Crippen LogP contribution in [0.5, 0.6) is 0 Å². The van der Waals surface area contributed by atoms with E-state index >= 15 is 0 Å². The van der Waals surface area contributed by atoms with Gasteiger partial charge >= 0.3 is 0 Å². The molecule has 0 saturated carbocycles. The highest BCUT2D eigenvalue weighted by Gasteiger charge is 2.24. The molecule has 0 aliphatic heterocycles. The number of anilines is 1. The van der Waals surface area contributed by atoms with Gasteiger partial charge in [-0.2, -0.15) is 14.6 Å². The molecule has 1 aromatic carbocycles. The second kappa shape index (κ2) is 8.57. The number of fused-ring (bicyclic) bond motifs is 4. The van der Waals surface area contributed by atoms with Gasteiger partial charge in [-0.3, -0.25) is 4.98 Å². The summed E-state index contributed by atoms with van der Waals surface area (Å²) in [6.45, 7) is 6.58. The third kappa shape index (κ3) is 4.24. The minimum Gasteiger partial charge on any atom is -0.358 e. The number of pyridine rings is 1. The van der Waals surface area contributed by atoms with E-state index in [0.29, 0.717) is 23.0 Å². The topological polar surface area (TPSA) is 83.8 Å². The van der Waals surface area contributed by atoms with Crippen LogP contribution in [0.15, 0.2) is 48.9 Å². The van der Waals surface area contributed by atoms with Gasteiger partial charge in [0.1, 0.15) is 13.9 Å². The average molecular weight is 496 g/mol. The largest absolute Gasteiger partial charge is 0.358 e. The molecule has 9 heteroatoms. The number of para-hydroxylation sites is 1. The number of H-pyrrole nitrogens is 1. The summed E-state index contributed by atoms with van der Waals surface area (Å²) in [6.07, 6.45) is 7.24. The molecule has 4 aromatic heterocycles. The van der Waals surface area contributed by atoms with Crippen LogP contribution in [0.4, 0.5) is 10.3 Å². The Kier molecular flexibility index (Phi) is 5.34. The number of aromatic amines is 1. The molecule has 4 heterocycles. The van der Waals surface area contributed by atoms with Crippen LogP contribution < -0.4 is 5.32 Å². The van der Waals surface area contributed by atoms with E-state index in [9.17, 15) is 4.39 Å². The third-order valence-electron chi connectivity index (χ3n) is 6.33. The highest BCUT2D eigenvalue weighted by molar-refractivity contribution is 6.83. The van der Waals surface area contributed by atoms with E-state index in [4.69, 9.17) is 9.97 Å². The summed E-state index contributed by atoms with van der Waals surface area (Å²) >= 11 is 0. The molecule has 1 unspecified atom stereocenters. The predicted octanol–water partition coefficient (Wildman–Crippen LogP) is 5.01. The van der Waals surface area contributed by atoms with E-state index in [2.05, 4.69) is 75.8 Å². The molecule has 180 valence electrons. The van der Waals surface area contributed by atoms with Crippen LogP contribution in [-0.2, 0) is 12.8 Å². The number of rotatable bonds is 3. The van der Waals surface area contributed by atoms with Crippen molar-refractivity contribution in [3.8, 4) is 22.9 Å². The van der Waals surface area contributed by atoms with Gasteiger partial charge in [-0.1, -0.05) is 43.8 Å². The lowest BCUT2D eigenvalue weighted by atomic mass is 9.91. The molecule has 5 aromatic rings. The van der Waals surface area contributed by atoms with E-state index in [1.165, 1.54) is 34.4 Å². The molecule has 0 saturated heterocycles. The van der Waals surface area contributed by atoms with E-state index in [1.807, 2.05) is 0 Å². The van der Waals surface area contributed by atoms with Crippen molar-refractivity contribution in [3.63, 3.8) is 0 Å². The summed E-state index contributed by atoms with van der Waals surface area (Å²) in [6, 6.07) is 9.98. The number of aryl methyl sites for hydroxylation is 1. The Bertz CT molecular complexity index is 1670. The quantitative estimate of drug-likeness (QED) is 0.272. The fourth-order valence-electron chi connectivity index (χ4n) is 4.65. The Balaban J connectivity index is 1.42. The zero-order valence-corrected chi connectivity index (χ0v) is 21.4. The Hall–Kier alpha value is -4.03. The number of hydrogen-bond donors (Lipinski definition) is 2. The molecule has 0 spiro atoms. The van der Waals surface area contributed by atoms with Crippen LogP contribution in [0.2, 0.25) is 19.6 Å². The van der Waals surface area contributed by atoms with E-state index in [-0.39, 0.29) is 6.04 Å². The molecule has 0 fully saturated rings. The Labute approximate surface area is 209 Å². The molecule has 2 N–H and O–H groups in total. The highest BCUT2D eigenvalue weighted by Crippen LogP contribution is 2.30. The van der Waals surface area contributed by atoms with Crippen LogP contribution >= 0.6 is 0 Å². The standard InChI is InChI=1S/C27H26FN7Si/c1-36(2,3)11-10-17-15-30-35-26(17)33-25(18-12-19(28)16-29-14-18)34-27(35)31-20-8-9-24-22(13-20)21-6-4-5-7-23(21)32-24/h4-7,12,14-16,20,32H,8-9,13H2,1-3H3,(H,31,33,34). The van der Waals surface area contributed by atoms with E-state index in [1.54, 1.807) is 16.9 Å². The molecular formula is C27H26FN7Si. The molecular weight excluding hydrogens is 469 g/mol. The Morgan fingerprint density at radius 2 is 2.00 bits per heavy atom. The normalized spacial score (nSPS) is 15.5. The third-order valence-corrected chi connectivity index (χ3v) is 7.21. The van der Waals surface area contributed by atoms with Crippen molar-refractivity contribution in [2.75, 3.05) is 5.32 Å². The summed E-state index contributed by atoms with van der Waals surface area (Å²) in [4.78, 5) is 17.0. The monoisotopic (exact) mass is 495 g/mol. The van der Waals surface area contributed by atoms with Gasteiger partial charge in [0.25, 0.3) is 0 Å². The van der Waals surface area contributed by atoms with Gasteiger partial charge in [-0.15, -0.1) is 5.54 Å². The number of halogens is 1. The van der Waals surface area contributed by atoms with Crippen LogP contribution in [0.1, 0.15) is 23.2 Å². The summed E-state index contributed by atoms with van der Waals surface area (Å²) in [7, 11) is -1.60. The van der Waals surface area contributed by atoms with Gasteiger partial charge in [0.05, 0.1) is 18.0 Å².